The van der Waals surface area contributed by atoms with Gasteiger partial charge >= 0.3 is 0 Å². The summed E-state index contributed by atoms with van der Waals surface area (Å²) in [4.78, 5) is 0. The minimum Gasteiger partial charge on any atom is -0.437 e. The Bertz CT molecular complexity index is 550. The topological polar surface area (TPSA) is 55.2 Å². The summed E-state index contributed by atoms with van der Waals surface area (Å²) >= 11 is 0. The molecule has 0 aliphatic heterocycles. The normalized spacial score (nSPS) is 10.4. The number of nitrogens with zero attached hydrogens (tertiary/aromatic N) is 2. The van der Waals surface area contributed by atoms with Gasteiger partial charge in [-0.15, -0.1) is 10.2 Å². The summed E-state index contributed by atoms with van der Waals surface area (Å²) in [6.07, 6.45) is 0. The van der Waals surface area contributed by atoms with Crippen LogP contribution in [0, 0.1) is 20.8 Å². The summed E-state index contributed by atoms with van der Waals surface area (Å²) in [6.45, 7) is 5.95. The maximum atomic E-state index is 8.90. The highest BCUT2D eigenvalue weighted by Gasteiger charge is 2.08. The van der Waals surface area contributed by atoms with Crippen LogP contribution in [0.3, 0.4) is 0 Å². The van der Waals surface area contributed by atoms with E-state index in [-0.39, 0.29) is 6.61 Å². The largest absolute Gasteiger partial charge is 0.437 e. The van der Waals surface area contributed by atoms with Crippen LogP contribution < -0.4 is 4.74 Å². The van der Waals surface area contributed by atoms with Crippen LogP contribution >= 0.6 is 0 Å². The number of aliphatic hydroxyl groups excluding tert-OH is 1. The molecule has 0 amide bonds. The van der Waals surface area contributed by atoms with Crippen molar-refractivity contribution in [3.05, 3.63) is 46.6 Å². The van der Waals surface area contributed by atoms with Gasteiger partial charge in [0.2, 0.25) is 5.88 Å². The lowest BCUT2D eigenvalue weighted by Gasteiger charge is -2.12. The minimum absolute atomic E-state index is 0.115. The second kappa shape index (κ2) is 5.14. The van der Waals surface area contributed by atoms with Crippen molar-refractivity contribution in [2.45, 2.75) is 27.4 Å². The van der Waals surface area contributed by atoms with E-state index in [1.807, 2.05) is 26.8 Å². The summed E-state index contributed by atoms with van der Waals surface area (Å²) in [5.41, 5.74) is 3.87. The standard InChI is InChI=1S/C14H16N2O2/c1-9-4-5-10(2)14(11(9)3)18-13-7-6-12(8-17)15-16-13/h4-7,17H,8H2,1-3H3. The molecule has 0 aliphatic carbocycles. The van der Waals surface area contributed by atoms with Gasteiger partial charge < -0.3 is 9.84 Å². The number of ether oxygens (including phenoxy) is 1. The minimum atomic E-state index is -0.115. The molecule has 0 saturated carbocycles. The zero-order chi connectivity index (χ0) is 13.1. The quantitative estimate of drug-likeness (QED) is 0.901. The summed E-state index contributed by atoms with van der Waals surface area (Å²) in [5, 5.41) is 16.7. The van der Waals surface area contributed by atoms with Crippen molar-refractivity contribution in [3.63, 3.8) is 0 Å². The van der Waals surface area contributed by atoms with Crippen LogP contribution in [0.25, 0.3) is 0 Å². The predicted molar refractivity (Wildman–Crippen MR) is 68.7 cm³/mol. The number of aromatic nitrogens is 2. The lowest BCUT2D eigenvalue weighted by molar-refractivity contribution is 0.274. The second-order valence-electron chi connectivity index (χ2n) is 4.28. The number of hydrogen-bond donors (Lipinski definition) is 1. The number of aliphatic hydroxyl groups is 1. The molecule has 4 heteroatoms. The van der Waals surface area contributed by atoms with Crippen LogP contribution in [0.4, 0.5) is 0 Å². The van der Waals surface area contributed by atoms with Gasteiger partial charge in [-0.2, -0.15) is 0 Å². The van der Waals surface area contributed by atoms with Gasteiger partial charge in [-0.05, 0) is 43.5 Å². The fourth-order valence-corrected chi connectivity index (χ4v) is 1.67. The molecule has 2 rings (SSSR count). The van der Waals surface area contributed by atoms with Gasteiger partial charge in [0, 0.05) is 6.07 Å². The Labute approximate surface area is 106 Å². The van der Waals surface area contributed by atoms with Crippen molar-refractivity contribution in [1.82, 2.24) is 10.2 Å². The highest BCUT2D eigenvalue weighted by atomic mass is 16.5. The van der Waals surface area contributed by atoms with Crippen molar-refractivity contribution < 1.29 is 9.84 Å². The first-order chi connectivity index (χ1) is 8.61. The predicted octanol–water partition coefficient (Wildman–Crippen LogP) is 2.69. The Balaban J connectivity index is 2.30. The van der Waals surface area contributed by atoms with E-state index in [2.05, 4.69) is 16.3 Å². The van der Waals surface area contributed by atoms with E-state index < -0.39 is 0 Å². The summed E-state index contributed by atoms with van der Waals surface area (Å²) < 4.78 is 5.76. The number of rotatable bonds is 3. The molecule has 0 fully saturated rings. The molecule has 4 nitrogen and oxygen atoms in total. The van der Waals surface area contributed by atoms with E-state index in [4.69, 9.17) is 9.84 Å². The Morgan fingerprint density at radius 1 is 1.00 bits per heavy atom. The molecule has 18 heavy (non-hydrogen) atoms. The molecular formula is C14H16N2O2. The maximum absolute atomic E-state index is 8.90. The van der Waals surface area contributed by atoms with Crippen LogP contribution in [0.2, 0.25) is 0 Å². The lowest BCUT2D eigenvalue weighted by atomic mass is 10.1. The molecule has 0 saturated heterocycles. The van der Waals surface area contributed by atoms with Crippen molar-refractivity contribution in [3.8, 4) is 11.6 Å². The summed E-state index contributed by atoms with van der Waals surface area (Å²) in [7, 11) is 0. The molecule has 2 aromatic rings. The van der Waals surface area contributed by atoms with Crippen molar-refractivity contribution in [1.29, 1.82) is 0 Å². The van der Waals surface area contributed by atoms with Gasteiger partial charge in [0.05, 0.1) is 12.3 Å². The zero-order valence-electron chi connectivity index (χ0n) is 10.8. The molecule has 1 N–H and O–H groups in total. The van der Waals surface area contributed by atoms with E-state index in [9.17, 15) is 0 Å². The maximum Gasteiger partial charge on any atom is 0.238 e. The van der Waals surface area contributed by atoms with E-state index in [1.54, 1.807) is 12.1 Å². The first-order valence-electron chi connectivity index (χ1n) is 5.80. The third-order valence-corrected chi connectivity index (χ3v) is 2.94. The van der Waals surface area contributed by atoms with Crippen LogP contribution in [0.15, 0.2) is 24.3 Å². The highest BCUT2D eigenvalue weighted by molar-refractivity contribution is 5.46. The molecule has 1 heterocycles. The average Bonchev–Trinajstić information content (AvgIpc) is 2.40. The van der Waals surface area contributed by atoms with Crippen molar-refractivity contribution >= 4 is 0 Å². The van der Waals surface area contributed by atoms with Crippen LogP contribution in [0.1, 0.15) is 22.4 Å². The molecule has 1 aromatic heterocycles. The Kier molecular flexibility index (Phi) is 3.58. The number of hydrogen-bond acceptors (Lipinski definition) is 4. The van der Waals surface area contributed by atoms with Crippen LogP contribution in [-0.2, 0) is 6.61 Å². The fraction of sp³-hybridized carbons (Fsp3) is 0.286. The molecule has 0 radical (unpaired) electrons. The first-order valence-corrected chi connectivity index (χ1v) is 5.80. The Morgan fingerprint density at radius 3 is 2.33 bits per heavy atom. The highest BCUT2D eigenvalue weighted by Crippen LogP contribution is 2.29. The molecule has 0 aliphatic rings. The number of aryl methyl sites for hydroxylation is 2. The SMILES string of the molecule is Cc1ccc(C)c(Oc2ccc(CO)nn2)c1C. The summed E-state index contributed by atoms with van der Waals surface area (Å²) in [5.74, 6) is 1.25. The van der Waals surface area contributed by atoms with Crippen molar-refractivity contribution in [2.24, 2.45) is 0 Å². The van der Waals surface area contributed by atoms with E-state index in [0.717, 1.165) is 16.9 Å². The van der Waals surface area contributed by atoms with Gasteiger partial charge in [0.15, 0.2) is 0 Å². The van der Waals surface area contributed by atoms with E-state index >= 15 is 0 Å². The molecule has 0 unspecified atom stereocenters. The first kappa shape index (κ1) is 12.5. The van der Waals surface area contributed by atoms with Crippen LogP contribution in [0.5, 0.6) is 11.6 Å². The van der Waals surface area contributed by atoms with Gasteiger partial charge in [0.25, 0.3) is 0 Å². The second-order valence-corrected chi connectivity index (χ2v) is 4.28. The van der Waals surface area contributed by atoms with Crippen molar-refractivity contribution in [2.75, 3.05) is 0 Å². The third kappa shape index (κ3) is 2.49. The van der Waals surface area contributed by atoms with E-state index in [0.29, 0.717) is 11.6 Å². The third-order valence-electron chi connectivity index (χ3n) is 2.94. The Morgan fingerprint density at radius 2 is 1.72 bits per heavy atom. The van der Waals surface area contributed by atoms with Gasteiger partial charge in [-0.25, -0.2) is 0 Å². The average molecular weight is 244 g/mol. The molecule has 94 valence electrons. The molecule has 0 bridgehead atoms. The lowest BCUT2D eigenvalue weighted by Crippen LogP contribution is -1.98. The fourth-order valence-electron chi connectivity index (χ4n) is 1.67. The Hall–Kier alpha value is -1.94. The molecule has 0 atom stereocenters. The molecular weight excluding hydrogens is 228 g/mol. The van der Waals surface area contributed by atoms with Gasteiger partial charge in [0.1, 0.15) is 5.75 Å². The van der Waals surface area contributed by atoms with Gasteiger partial charge in [-0.1, -0.05) is 12.1 Å². The monoisotopic (exact) mass is 244 g/mol. The molecule has 0 spiro atoms. The molecule has 1 aromatic carbocycles. The smallest absolute Gasteiger partial charge is 0.238 e. The zero-order valence-corrected chi connectivity index (χ0v) is 10.8. The number of benzene rings is 1. The summed E-state index contributed by atoms with van der Waals surface area (Å²) in [6, 6.07) is 7.49. The van der Waals surface area contributed by atoms with Gasteiger partial charge in [-0.3, -0.25) is 0 Å². The van der Waals surface area contributed by atoms with E-state index in [1.165, 1.54) is 5.56 Å². The van der Waals surface area contributed by atoms with Crippen LogP contribution in [-0.4, -0.2) is 15.3 Å².